The van der Waals surface area contributed by atoms with Gasteiger partial charge in [0.1, 0.15) is 5.75 Å². The molecule has 4 nitrogen and oxygen atoms in total. The van der Waals surface area contributed by atoms with Crippen LogP contribution in [0.4, 0.5) is 13.2 Å². The Balaban J connectivity index is 1.74. The fourth-order valence-electron chi connectivity index (χ4n) is 2.65. The Kier molecular flexibility index (Phi) is 5.03. The lowest BCUT2D eigenvalue weighted by Crippen LogP contribution is -2.29. The highest BCUT2D eigenvalue weighted by atomic mass is 19.4. The Labute approximate surface area is 143 Å². The highest BCUT2D eigenvalue weighted by Gasteiger charge is 2.31. The summed E-state index contributed by atoms with van der Waals surface area (Å²) in [4.78, 5) is 7.24. The van der Waals surface area contributed by atoms with Gasteiger partial charge in [-0.1, -0.05) is 30.7 Å². The van der Waals surface area contributed by atoms with E-state index in [1.807, 2.05) is 18.2 Å². The first-order valence-electron chi connectivity index (χ1n) is 8.00. The molecule has 0 spiro atoms. The fourth-order valence-corrected chi connectivity index (χ4v) is 2.65. The molecule has 0 aliphatic carbocycles. The standard InChI is InChI=1S/C18H18F3N3O/c1-12-9-22-6-5-14(12)7-13-3-2-4-16(8-13)25-17-23-10-15(11-24-17)18(19,20)21/h2-4,7-8,10-12,22H,5-6,9H2,1H3. The summed E-state index contributed by atoms with van der Waals surface area (Å²) >= 11 is 0. The van der Waals surface area contributed by atoms with Crippen LogP contribution in [0.25, 0.3) is 6.08 Å². The zero-order chi connectivity index (χ0) is 17.9. The van der Waals surface area contributed by atoms with E-state index < -0.39 is 11.7 Å². The van der Waals surface area contributed by atoms with Gasteiger partial charge in [0.2, 0.25) is 0 Å². The van der Waals surface area contributed by atoms with Crippen molar-refractivity contribution in [2.75, 3.05) is 13.1 Å². The molecule has 132 valence electrons. The molecule has 1 aromatic carbocycles. The van der Waals surface area contributed by atoms with Crippen molar-refractivity contribution in [3.63, 3.8) is 0 Å². The molecular weight excluding hydrogens is 331 g/mol. The summed E-state index contributed by atoms with van der Waals surface area (Å²) in [7, 11) is 0. The molecule has 1 saturated heterocycles. The summed E-state index contributed by atoms with van der Waals surface area (Å²) in [5.41, 5.74) is 1.44. The quantitative estimate of drug-likeness (QED) is 0.897. The maximum atomic E-state index is 12.5. The van der Waals surface area contributed by atoms with Crippen molar-refractivity contribution < 1.29 is 17.9 Å². The van der Waals surface area contributed by atoms with Gasteiger partial charge < -0.3 is 10.1 Å². The van der Waals surface area contributed by atoms with Crippen LogP contribution in [0.3, 0.4) is 0 Å². The van der Waals surface area contributed by atoms with E-state index in [1.165, 1.54) is 5.57 Å². The van der Waals surface area contributed by atoms with Crippen LogP contribution in [0.15, 0.2) is 42.2 Å². The molecule has 1 atom stereocenters. The average Bonchev–Trinajstić information content (AvgIpc) is 2.57. The van der Waals surface area contributed by atoms with Crippen LogP contribution in [-0.2, 0) is 6.18 Å². The SMILES string of the molecule is CC1CNCCC1=Cc1cccc(Oc2ncc(C(F)(F)F)cn2)c1. The Morgan fingerprint density at radius 2 is 2.00 bits per heavy atom. The molecule has 0 amide bonds. The van der Waals surface area contributed by atoms with E-state index in [2.05, 4.69) is 28.3 Å². The molecule has 1 fully saturated rings. The molecule has 1 aliphatic rings. The van der Waals surface area contributed by atoms with Crippen LogP contribution < -0.4 is 10.1 Å². The maximum Gasteiger partial charge on any atom is 0.419 e. The van der Waals surface area contributed by atoms with Crippen molar-refractivity contribution in [2.24, 2.45) is 5.92 Å². The lowest BCUT2D eigenvalue weighted by atomic mass is 9.93. The Morgan fingerprint density at radius 1 is 1.24 bits per heavy atom. The second-order valence-electron chi connectivity index (χ2n) is 6.00. The van der Waals surface area contributed by atoms with Crippen LogP contribution in [0, 0.1) is 5.92 Å². The largest absolute Gasteiger partial charge is 0.424 e. The molecule has 2 aromatic rings. The summed E-state index contributed by atoms with van der Waals surface area (Å²) in [5.74, 6) is 0.951. The minimum atomic E-state index is -4.46. The van der Waals surface area contributed by atoms with Gasteiger partial charge in [-0.25, -0.2) is 9.97 Å². The summed E-state index contributed by atoms with van der Waals surface area (Å²) in [6.45, 7) is 4.10. The molecule has 1 N–H and O–H groups in total. The number of piperidine rings is 1. The van der Waals surface area contributed by atoms with Crippen molar-refractivity contribution >= 4 is 6.08 Å². The van der Waals surface area contributed by atoms with Crippen molar-refractivity contribution in [3.8, 4) is 11.8 Å². The second kappa shape index (κ2) is 7.23. The number of nitrogens with zero attached hydrogens (tertiary/aromatic N) is 2. The molecule has 7 heteroatoms. The third-order valence-corrected chi connectivity index (χ3v) is 4.05. The van der Waals surface area contributed by atoms with Gasteiger partial charge in [-0.15, -0.1) is 0 Å². The van der Waals surface area contributed by atoms with E-state index in [4.69, 9.17) is 4.74 Å². The van der Waals surface area contributed by atoms with Gasteiger partial charge in [0.15, 0.2) is 0 Å². The van der Waals surface area contributed by atoms with Crippen molar-refractivity contribution in [1.82, 2.24) is 15.3 Å². The second-order valence-corrected chi connectivity index (χ2v) is 6.00. The van der Waals surface area contributed by atoms with E-state index in [0.29, 0.717) is 24.1 Å². The topological polar surface area (TPSA) is 47.0 Å². The lowest BCUT2D eigenvalue weighted by Gasteiger charge is -2.23. The molecule has 25 heavy (non-hydrogen) atoms. The number of alkyl halides is 3. The van der Waals surface area contributed by atoms with Crippen molar-refractivity contribution in [1.29, 1.82) is 0 Å². The molecular formula is C18H18F3N3O. The summed E-state index contributed by atoms with van der Waals surface area (Å²) in [6, 6.07) is 7.21. The van der Waals surface area contributed by atoms with Crippen LogP contribution >= 0.6 is 0 Å². The zero-order valence-electron chi connectivity index (χ0n) is 13.7. The number of hydrogen-bond donors (Lipinski definition) is 1. The summed E-state index contributed by atoms with van der Waals surface area (Å²) in [6.07, 6.45) is 0.0894. The molecule has 0 radical (unpaired) electrons. The van der Waals surface area contributed by atoms with Gasteiger partial charge in [-0.05, 0) is 36.6 Å². The number of rotatable bonds is 3. The zero-order valence-corrected chi connectivity index (χ0v) is 13.7. The van der Waals surface area contributed by atoms with Crippen LogP contribution in [0.1, 0.15) is 24.5 Å². The van der Waals surface area contributed by atoms with E-state index in [0.717, 1.165) is 25.1 Å². The maximum absolute atomic E-state index is 12.5. The van der Waals surface area contributed by atoms with Gasteiger partial charge in [0.05, 0.1) is 5.56 Å². The summed E-state index contributed by atoms with van der Waals surface area (Å²) < 4.78 is 43.0. The molecule has 3 rings (SSSR count). The van der Waals surface area contributed by atoms with Crippen LogP contribution in [0.5, 0.6) is 11.8 Å². The third-order valence-electron chi connectivity index (χ3n) is 4.05. The van der Waals surface area contributed by atoms with E-state index in [1.54, 1.807) is 6.07 Å². The van der Waals surface area contributed by atoms with Gasteiger partial charge in [0.25, 0.3) is 0 Å². The van der Waals surface area contributed by atoms with Gasteiger partial charge >= 0.3 is 12.2 Å². The lowest BCUT2D eigenvalue weighted by molar-refractivity contribution is -0.138. The minimum absolute atomic E-state index is 0.118. The van der Waals surface area contributed by atoms with Crippen molar-refractivity contribution in [2.45, 2.75) is 19.5 Å². The molecule has 2 heterocycles. The number of ether oxygens (including phenoxy) is 1. The smallest absolute Gasteiger partial charge is 0.419 e. The van der Waals surface area contributed by atoms with Gasteiger partial charge in [0, 0.05) is 18.9 Å². The Morgan fingerprint density at radius 3 is 2.68 bits per heavy atom. The Bertz CT molecular complexity index is 757. The third kappa shape index (κ3) is 4.57. The highest BCUT2D eigenvalue weighted by molar-refractivity contribution is 5.55. The molecule has 1 aromatic heterocycles. The highest BCUT2D eigenvalue weighted by Crippen LogP contribution is 2.29. The molecule has 0 bridgehead atoms. The first kappa shape index (κ1) is 17.4. The average molecular weight is 349 g/mol. The number of halogens is 3. The van der Waals surface area contributed by atoms with E-state index >= 15 is 0 Å². The van der Waals surface area contributed by atoms with Crippen LogP contribution in [-0.4, -0.2) is 23.1 Å². The predicted octanol–water partition coefficient (Wildman–Crippen LogP) is 4.30. The van der Waals surface area contributed by atoms with Crippen LogP contribution in [0.2, 0.25) is 0 Å². The fraction of sp³-hybridized carbons (Fsp3) is 0.333. The van der Waals surface area contributed by atoms with E-state index in [-0.39, 0.29) is 6.01 Å². The number of aromatic nitrogens is 2. The molecule has 1 aliphatic heterocycles. The molecule has 0 saturated carbocycles. The molecule has 1 unspecified atom stereocenters. The summed E-state index contributed by atoms with van der Waals surface area (Å²) in [5, 5.41) is 3.35. The first-order chi connectivity index (χ1) is 11.9. The predicted molar refractivity (Wildman–Crippen MR) is 88.2 cm³/mol. The van der Waals surface area contributed by atoms with E-state index in [9.17, 15) is 13.2 Å². The van der Waals surface area contributed by atoms with Crippen molar-refractivity contribution in [3.05, 3.63) is 53.4 Å². The normalized spacial score (nSPS) is 19.8. The minimum Gasteiger partial charge on any atom is -0.424 e. The van der Waals surface area contributed by atoms with Gasteiger partial charge in [-0.2, -0.15) is 13.2 Å². The first-order valence-corrected chi connectivity index (χ1v) is 8.00. The number of benzene rings is 1. The monoisotopic (exact) mass is 349 g/mol. The number of hydrogen-bond acceptors (Lipinski definition) is 4. The Hall–Kier alpha value is -2.41. The number of nitrogens with one attached hydrogen (secondary N) is 1. The van der Waals surface area contributed by atoms with Gasteiger partial charge in [-0.3, -0.25) is 0 Å².